The van der Waals surface area contributed by atoms with Crippen molar-refractivity contribution in [1.29, 1.82) is 0 Å². The molecule has 0 atom stereocenters. The normalized spacial score (nSPS) is 14.2. The Morgan fingerprint density at radius 3 is 2.57 bits per heavy atom. The third-order valence-electron chi connectivity index (χ3n) is 6.78. The van der Waals surface area contributed by atoms with Gasteiger partial charge in [-0.2, -0.15) is 0 Å². The lowest BCUT2D eigenvalue weighted by Gasteiger charge is -2.26. The molecule has 8 heteroatoms. The van der Waals surface area contributed by atoms with Gasteiger partial charge in [-0.3, -0.25) is 0 Å². The first-order valence-corrected chi connectivity index (χ1v) is 12.5. The number of carboxylic acid groups (broad SMARTS) is 1. The molecular formula is C29H27ClFNO5. The predicted molar refractivity (Wildman–Crippen MR) is 140 cm³/mol. The molecule has 0 aliphatic carbocycles. The first-order valence-electron chi connectivity index (χ1n) is 12.1. The minimum absolute atomic E-state index is 0.0508. The van der Waals surface area contributed by atoms with E-state index in [9.17, 15) is 14.3 Å². The fourth-order valence-electron chi connectivity index (χ4n) is 5.10. The van der Waals surface area contributed by atoms with Crippen LogP contribution in [0.1, 0.15) is 45.9 Å². The molecule has 1 aromatic heterocycles. The van der Waals surface area contributed by atoms with Crippen LogP contribution in [-0.4, -0.2) is 42.8 Å². The molecule has 4 aromatic rings. The quantitative estimate of drug-likeness (QED) is 0.264. The molecule has 1 fully saturated rings. The molecule has 2 heterocycles. The second-order valence-corrected chi connectivity index (χ2v) is 9.47. The number of rotatable bonds is 8. The van der Waals surface area contributed by atoms with Gasteiger partial charge in [-0.15, -0.1) is 0 Å². The number of methoxy groups -OCH3 is 1. The van der Waals surface area contributed by atoms with Gasteiger partial charge in [0.15, 0.2) is 6.79 Å². The summed E-state index contributed by atoms with van der Waals surface area (Å²) in [6, 6.07) is 17.5. The van der Waals surface area contributed by atoms with Crippen LogP contribution in [0, 0.1) is 5.82 Å². The smallest absolute Gasteiger partial charge is 0.335 e. The maximum Gasteiger partial charge on any atom is 0.335 e. The summed E-state index contributed by atoms with van der Waals surface area (Å²) >= 11 is 6.23. The van der Waals surface area contributed by atoms with Crippen molar-refractivity contribution < 1.29 is 28.5 Å². The lowest BCUT2D eigenvalue weighted by atomic mass is 9.90. The second kappa shape index (κ2) is 10.9. The molecule has 6 nitrogen and oxygen atoms in total. The molecule has 1 N–H and O–H groups in total. The highest BCUT2D eigenvalue weighted by Crippen LogP contribution is 2.43. The number of nitrogens with zero attached hydrogens (tertiary/aromatic N) is 1. The molecule has 0 saturated carbocycles. The molecule has 5 rings (SSSR count). The minimum atomic E-state index is -0.963. The number of carboxylic acids is 1. The molecular weight excluding hydrogens is 497 g/mol. The van der Waals surface area contributed by atoms with E-state index < -0.39 is 11.8 Å². The van der Waals surface area contributed by atoms with E-state index >= 15 is 0 Å². The number of halogens is 2. The van der Waals surface area contributed by atoms with Gasteiger partial charge in [0.05, 0.1) is 16.1 Å². The van der Waals surface area contributed by atoms with Crippen LogP contribution in [-0.2, 0) is 15.9 Å². The number of hydrogen-bond acceptors (Lipinski definition) is 4. The van der Waals surface area contributed by atoms with Crippen molar-refractivity contribution in [3.05, 3.63) is 93.9 Å². The molecule has 0 unspecified atom stereocenters. The summed E-state index contributed by atoms with van der Waals surface area (Å²) in [6.07, 6.45) is 2.23. The summed E-state index contributed by atoms with van der Waals surface area (Å²) in [5.41, 5.74) is 5.04. The van der Waals surface area contributed by atoms with Gasteiger partial charge in [-0.1, -0.05) is 29.8 Å². The van der Waals surface area contributed by atoms with Gasteiger partial charge >= 0.3 is 5.97 Å². The first-order chi connectivity index (χ1) is 18.0. The Hall–Kier alpha value is -3.39. The molecule has 1 aliphatic heterocycles. The summed E-state index contributed by atoms with van der Waals surface area (Å²) in [5, 5.41) is 10.3. The SMILES string of the molecule is COCOc1cccc2c1c(Cc1ccc(C(=O)O)cc1)c(C1CCOCC1)n2-c1ccc(F)c(Cl)c1. The van der Waals surface area contributed by atoms with Crippen LogP contribution in [0.25, 0.3) is 16.6 Å². The van der Waals surface area contributed by atoms with Crippen molar-refractivity contribution in [2.45, 2.75) is 25.2 Å². The molecule has 0 spiro atoms. The van der Waals surface area contributed by atoms with Crippen molar-refractivity contribution in [3.8, 4) is 11.4 Å². The molecule has 3 aromatic carbocycles. The molecule has 37 heavy (non-hydrogen) atoms. The average Bonchev–Trinajstić information content (AvgIpc) is 3.24. The summed E-state index contributed by atoms with van der Waals surface area (Å²) in [6.45, 7) is 1.39. The van der Waals surface area contributed by atoms with E-state index in [4.69, 9.17) is 25.8 Å². The van der Waals surface area contributed by atoms with Crippen LogP contribution < -0.4 is 4.74 Å². The highest BCUT2D eigenvalue weighted by Gasteiger charge is 2.29. The largest absolute Gasteiger partial charge is 0.478 e. The predicted octanol–water partition coefficient (Wildman–Crippen LogP) is 6.59. The molecule has 1 saturated heterocycles. The Labute approximate surface area is 219 Å². The summed E-state index contributed by atoms with van der Waals surface area (Å²) in [4.78, 5) is 11.4. The standard InChI is InChI=1S/C29H27ClFNO5/c1-35-17-37-26-4-2-3-25-27(26)22(15-18-5-7-20(8-6-18)29(33)34)28(19-11-13-36-14-12-19)32(25)21-9-10-24(31)23(30)16-21/h2-10,16,19H,11-15,17H2,1H3,(H,33,34). The van der Waals surface area contributed by atoms with Crippen molar-refractivity contribution in [2.24, 2.45) is 0 Å². The Bertz CT molecular complexity index is 1430. The fourth-order valence-corrected chi connectivity index (χ4v) is 5.27. The first kappa shape index (κ1) is 25.3. The lowest BCUT2D eigenvalue weighted by molar-refractivity contribution is 0.0522. The number of aromatic nitrogens is 1. The van der Waals surface area contributed by atoms with E-state index in [1.54, 1.807) is 31.4 Å². The Morgan fingerprint density at radius 2 is 1.89 bits per heavy atom. The van der Waals surface area contributed by atoms with E-state index in [0.717, 1.165) is 46.3 Å². The van der Waals surface area contributed by atoms with Gasteiger partial charge in [0, 0.05) is 43.0 Å². The zero-order valence-electron chi connectivity index (χ0n) is 20.4. The Kier molecular flexibility index (Phi) is 7.46. The number of carbonyl (C=O) groups is 1. The molecule has 0 amide bonds. The number of benzene rings is 3. The van der Waals surface area contributed by atoms with Crippen LogP contribution in [0.4, 0.5) is 4.39 Å². The van der Waals surface area contributed by atoms with Crippen molar-refractivity contribution in [1.82, 2.24) is 4.57 Å². The van der Waals surface area contributed by atoms with Crippen LogP contribution in [0.15, 0.2) is 60.7 Å². The zero-order chi connectivity index (χ0) is 25.9. The maximum absolute atomic E-state index is 14.1. The fraction of sp³-hybridized carbons (Fsp3) is 0.276. The molecule has 192 valence electrons. The number of fused-ring (bicyclic) bond motifs is 1. The minimum Gasteiger partial charge on any atom is -0.478 e. The summed E-state index contributed by atoms with van der Waals surface area (Å²) in [5.74, 6) is -0.572. The second-order valence-electron chi connectivity index (χ2n) is 9.06. The average molecular weight is 524 g/mol. The van der Waals surface area contributed by atoms with Crippen molar-refractivity contribution >= 4 is 28.5 Å². The van der Waals surface area contributed by atoms with Crippen molar-refractivity contribution in [3.63, 3.8) is 0 Å². The van der Waals surface area contributed by atoms with Crippen molar-refractivity contribution in [2.75, 3.05) is 27.1 Å². The van der Waals surface area contributed by atoms with Gasteiger partial charge in [0.2, 0.25) is 0 Å². The number of hydrogen-bond donors (Lipinski definition) is 1. The van der Waals surface area contributed by atoms with E-state index in [-0.39, 0.29) is 23.3 Å². The summed E-state index contributed by atoms with van der Waals surface area (Å²) in [7, 11) is 1.57. The highest BCUT2D eigenvalue weighted by atomic mass is 35.5. The Morgan fingerprint density at radius 1 is 1.14 bits per heavy atom. The van der Waals surface area contributed by atoms with E-state index in [2.05, 4.69) is 4.57 Å². The maximum atomic E-state index is 14.1. The lowest BCUT2D eigenvalue weighted by Crippen LogP contribution is -2.18. The van der Waals surface area contributed by atoms with E-state index in [1.807, 2.05) is 30.3 Å². The van der Waals surface area contributed by atoms with Crippen LogP contribution in [0.5, 0.6) is 5.75 Å². The number of aromatic carboxylic acids is 1. The van der Waals surface area contributed by atoms with Crippen LogP contribution in [0.2, 0.25) is 5.02 Å². The van der Waals surface area contributed by atoms with Gasteiger partial charge in [0.25, 0.3) is 0 Å². The topological polar surface area (TPSA) is 69.9 Å². The number of ether oxygens (including phenoxy) is 3. The summed E-state index contributed by atoms with van der Waals surface area (Å²) < 4.78 is 33.2. The monoisotopic (exact) mass is 523 g/mol. The van der Waals surface area contributed by atoms with Gasteiger partial charge < -0.3 is 23.9 Å². The van der Waals surface area contributed by atoms with Crippen LogP contribution >= 0.6 is 11.6 Å². The highest BCUT2D eigenvalue weighted by molar-refractivity contribution is 6.30. The molecule has 0 bridgehead atoms. The van der Waals surface area contributed by atoms with Gasteiger partial charge in [-0.25, -0.2) is 9.18 Å². The molecule has 0 radical (unpaired) electrons. The third-order valence-corrected chi connectivity index (χ3v) is 7.07. The third kappa shape index (κ3) is 5.07. The van der Waals surface area contributed by atoms with Gasteiger partial charge in [-0.05, 0) is 72.9 Å². The van der Waals surface area contributed by atoms with Crippen LogP contribution in [0.3, 0.4) is 0 Å². The van der Waals surface area contributed by atoms with Gasteiger partial charge in [0.1, 0.15) is 11.6 Å². The Balaban J connectivity index is 1.77. The zero-order valence-corrected chi connectivity index (χ0v) is 21.1. The van der Waals surface area contributed by atoms with E-state index in [0.29, 0.717) is 25.4 Å². The molecule has 1 aliphatic rings. The van der Waals surface area contributed by atoms with E-state index in [1.165, 1.54) is 6.07 Å².